The molecule has 0 aliphatic carbocycles. The van der Waals surface area contributed by atoms with E-state index in [2.05, 4.69) is 58.6 Å². The maximum Gasteiger partial charge on any atom is 0.191 e. The molecule has 1 aliphatic rings. The standard InChI is InChI=1S/C19H32N4.HI/c1-16(2)10-11-21-19(20-3)22-14-17-6-8-18(9-7-17)15-23-12-4-5-13-23;/h6-9,16H,4-5,10-15H2,1-3H3,(H2,20,21,22);1H. The van der Waals surface area contributed by atoms with Crippen molar-refractivity contribution in [2.45, 2.75) is 46.2 Å². The summed E-state index contributed by atoms with van der Waals surface area (Å²) in [6.45, 7) is 9.84. The Morgan fingerprint density at radius 3 is 2.29 bits per heavy atom. The highest BCUT2D eigenvalue weighted by molar-refractivity contribution is 14.0. The van der Waals surface area contributed by atoms with Crippen molar-refractivity contribution < 1.29 is 0 Å². The van der Waals surface area contributed by atoms with Gasteiger partial charge in [0.25, 0.3) is 0 Å². The van der Waals surface area contributed by atoms with Gasteiger partial charge in [-0.1, -0.05) is 38.1 Å². The predicted molar refractivity (Wildman–Crippen MR) is 114 cm³/mol. The largest absolute Gasteiger partial charge is 0.356 e. The molecule has 1 fully saturated rings. The molecule has 1 saturated heterocycles. The third kappa shape index (κ3) is 7.83. The van der Waals surface area contributed by atoms with Crippen molar-refractivity contribution in [1.82, 2.24) is 15.5 Å². The zero-order valence-corrected chi connectivity index (χ0v) is 17.7. The van der Waals surface area contributed by atoms with Crippen molar-refractivity contribution >= 4 is 29.9 Å². The minimum Gasteiger partial charge on any atom is -0.356 e. The van der Waals surface area contributed by atoms with Crippen LogP contribution in [-0.2, 0) is 13.1 Å². The van der Waals surface area contributed by atoms with Crippen LogP contribution in [0.5, 0.6) is 0 Å². The quantitative estimate of drug-likeness (QED) is 0.384. The summed E-state index contributed by atoms with van der Waals surface area (Å²) in [6, 6.07) is 8.95. The lowest BCUT2D eigenvalue weighted by atomic mass is 10.1. The van der Waals surface area contributed by atoms with Gasteiger partial charge in [0, 0.05) is 26.7 Å². The maximum atomic E-state index is 4.27. The van der Waals surface area contributed by atoms with Gasteiger partial charge in [-0.15, -0.1) is 24.0 Å². The first-order valence-corrected chi connectivity index (χ1v) is 8.92. The summed E-state index contributed by atoms with van der Waals surface area (Å²) in [5, 5.41) is 6.74. The highest BCUT2D eigenvalue weighted by atomic mass is 127. The van der Waals surface area contributed by atoms with Gasteiger partial charge < -0.3 is 10.6 Å². The lowest BCUT2D eigenvalue weighted by molar-refractivity contribution is 0.331. The van der Waals surface area contributed by atoms with Crippen molar-refractivity contribution in [3.05, 3.63) is 35.4 Å². The normalized spacial score (nSPS) is 15.4. The lowest BCUT2D eigenvalue weighted by Gasteiger charge is -2.15. The highest BCUT2D eigenvalue weighted by Crippen LogP contribution is 2.13. The number of benzene rings is 1. The summed E-state index contributed by atoms with van der Waals surface area (Å²) in [5.74, 6) is 1.59. The number of guanidine groups is 1. The molecule has 0 spiro atoms. The molecule has 136 valence electrons. The van der Waals surface area contributed by atoms with Crippen LogP contribution >= 0.6 is 24.0 Å². The Balaban J connectivity index is 0.00000288. The average Bonchev–Trinajstić information content (AvgIpc) is 3.05. The molecule has 1 heterocycles. The van der Waals surface area contributed by atoms with Gasteiger partial charge in [0.05, 0.1) is 0 Å². The average molecular weight is 444 g/mol. The Labute approximate surface area is 164 Å². The van der Waals surface area contributed by atoms with Gasteiger partial charge >= 0.3 is 0 Å². The van der Waals surface area contributed by atoms with Crippen LogP contribution in [0.25, 0.3) is 0 Å². The maximum absolute atomic E-state index is 4.27. The third-order valence-corrected chi connectivity index (χ3v) is 4.33. The van der Waals surface area contributed by atoms with Crippen molar-refractivity contribution in [1.29, 1.82) is 0 Å². The van der Waals surface area contributed by atoms with Crippen molar-refractivity contribution in [2.75, 3.05) is 26.7 Å². The molecular weight excluding hydrogens is 411 g/mol. The Morgan fingerprint density at radius 2 is 1.71 bits per heavy atom. The fraction of sp³-hybridized carbons (Fsp3) is 0.632. The zero-order valence-electron chi connectivity index (χ0n) is 15.3. The molecule has 1 aliphatic heterocycles. The summed E-state index contributed by atoms with van der Waals surface area (Å²) in [4.78, 5) is 6.81. The summed E-state index contributed by atoms with van der Waals surface area (Å²) in [6.07, 6.45) is 3.86. The van der Waals surface area contributed by atoms with Crippen LogP contribution in [0.2, 0.25) is 0 Å². The molecule has 1 aromatic carbocycles. The summed E-state index contributed by atoms with van der Waals surface area (Å²) < 4.78 is 0. The topological polar surface area (TPSA) is 39.7 Å². The molecule has 0 saturated carbocycles. The highest BCUT2D eigenvalue weighted by Gasteiger charge is 2.11. The lowest BCUT2D eigenvalue weighted by Crippen LogP contribution is -2.37. The number of hydrogen-bond donors (Lipinski definition) is 2. The Hall–Kier alpha value is -0.820. The van der Waals surface area contributed by atoms with Gasteiger partial charge in [-0.3, -0.25) is 9.89 Å². The first-order valence-electron chi connectivity index (χ1n) is 8.92. The van der Waals surface area contributed by atoms with E-state index in [1.54, 1.807) is 0 Å². The molecule has 0 unspecified atom stereocenters. The van der Waals surface area contributed by atoms with Crippen molar-refractivity contribution in [3.8, 4) is 0 Å². The Kier molecular flexibility index (Phi) is 10.3. The first-order chi connectivity index (χ1) is 11.2. The second-order valence-electron chi connectivity index (χ2n) is 6.83. The van der Waals surface area contributed by atoms with E-state index in [9.17, 15) is 0 Å². The molecule has 0 bridgehead atoms. The van der Waals surface area contributed by atoms with E-state index in [1.807, 2.05) is 7.05 Å². The van der Waals surface area contributed by atoms with Gasteiger partial charge in [-0.25, -0.2) is 0 Å². The molecule has 4 nitrogen and oxygen atoms in total. The number of halogens is 1. The summed E-state index contributed by atoms with van der Waals surface area (Å²) >= 11 is 0. The number of rotatable bonds is 7. The van der Waals surface area contributed by atoms with Crippen LogP contribution in [0.1, 0.15) is 44.2 Å². The second kappa shape index (κ2) is 11.7. The van der Waals surface area contributed by atoms with E-state index < -0.39 is 0 Å². The Bertz CT molecular complexity index is 479. The smallest absolute Gasteiger partial charge is 0.191 e. The number of nitrogens with one attached hydrogen (secondary N) is 2. The van der Waals surface area contributed by atoms with E-state index in [4.69, 9.17) is 0 Å². The fourth-order valence-corrected chi connectivity index (χ4v) is 2.85. The second-order valence-corrected chi connectivity index (χ2v) is 6.83. The van der Waals surface area contributed by atoms with E-state index in [-0.39, 0.29) is 24.0 Å². The molecule has 1 aromatic rings. The van der Waals surface area contributed by atoms with E-state index >= 15 is 0 Å². The monoisotopic (exact) mass is 444 g/mol. The minimum absolute atomic E-state index is 0. The van der Waals surface area contributed by atoms with Crippen LogP contribution in [0.15, 0.2) is 29.3 Å². The molecule has 0 aromatic heterocycles. The summed E-state index contributed by atoms with van der Waals surface area (Å²) in [7, 11) is 1.82. The van der Waals surface area contributed by atoms with E-state index in [0.717, 1.165) is 32.0 Å². The van der Waals surface area contributed by atoms with Gasteiger partial charge in [0.2, 0.25) is 0 Å². The van der Waals surface area contributed by atoms with E-state index in [1.165, 1.54) is 37.1 Å². The molecule has 24 heavy (non-hydrogen) atoms. The van der Waals surface area contributed by atoms with Crippen LogP contribution in [0.3, 0.4) is 0 Å². The van der Waals surface area contributed by atoms with E-state index in [0.29, 0.717) is 5.92 Å². The van der Waals surface area contributed by atoms with Crippen molar-refractivity contribution in [3.63, 3.8) is 0 Å². The van der Waals surface area contributed by atoms with Gasteiger partial charge in [-0.05, 0) is 49.4 Å². The fourth-order valence-electron chi connectivity index (χ4n) is 2.85. The minimum atomic E-state index is 0. The number of likely N-dealkylation sites (tertiary alicyclic amines) is 1. The number of hydrogen-bond acceptors (Lipinski definition) is 2. The molecule has 2 rings (SSSR count). The van der Waals surface area contributed by atoms with Crippen LogP contribution in [0.4, 0.5) is 0 Å². The third-order valence-electron chi connectivity index (χ3n) is 4.33. The van der Waals surface area contributed by atoms with Gasteiger partial charge in [-0.2, -0.15) is 0 Å². The number of nitrogens with zero attached hydrogens (tertiary/aromatic N) is 2. The molecule has 0 amide bonds. The zero-order chi connectivity index (χ0) is 16.5. The predicted octanol–water partition coefficient (Wildman–Crippen LogP) is 3.61. The van der Waals surface area contributed by atoms with Crippen LogP contribution < -0.4 is 10.6 Å². The molecule has 0 radical (unpaired) electrons. The molecular formula is C19H33IN4. The van der Waals surface area contributed by atoms with Crippen LogP contribution in [-0.4, -0.2) is 37.5 Å². The molecule has 0 atom stereocenters. The van der Waals surface area contributed by atoms with Gasteiger partial charge in [0.1, 0.15) is 0 Å². The first kappa shape index (κ1) is 21.2. The summed E-state index contributed by atoms with van der Waals surface area (Å²) in [5.41, 5.74) is 2.71. The van der Waals surface area contributed by atoms with Crippen LogP contribution in [0, 0.1) is 5.92 Å². The molecule has 5 heteroatoms. The Morgan fingerprint density at radius 1 is 1.08 bits per heavy atom. The van der Waals surface area contributed by atoms with Gasteiger partial charge in [0.15, 0.2) is 5.96 Å². The number of aliphatic imine (C=N–C) groups is 1. The SMILES string of the molecule is CN=C(NCCC(C)C)NCc1ccc(CN2CCCC2)cc1.I. The molecule has 2 N–H and O–H groups in total. The van der Waals surface area contributed by atoms with Crippen molar-refractivity contribution in [2.24, 2.45) is 10.9 Å².